The van der Waals surface area contributed by atoms with Crippen LogP contribution in [0.4, 0.5) is 8.78 Å². The summed E-state index contributed by atoms with van der Waals surface area (Å²) in [6, 6.07) is 3.42. The van der Waals surface area contributed by atoms with E-state index in [0.29, 0.717) is 37.1 Å². The highest BCUT2D eigenvalue weighted by molar-refractivity contribution is 5.89. The van der Waals surface area contributed by atoms with Gasteiger partial charge in [-0.2, -0.15) is 5.10 Å². The zero-order chi connectivity index (χ0) is 16.1. The molecule has 2 fully saturated rings. The fraction of sp³-hybridized carbons (Fsp3) is 0.438. The van der Waals surface area contributed by atoms with Crippen molar-refractivity contribution >= 4 is 5.91 Å². The van der Waals surface area contributed by atoms with Crippen LogP contribution in [0, 0.1) is 11.6 Å². The van der Waals surface area contributed by atoms with E-state index in [1.54, 1.807) is 0 Å². The van der Waals surface area contributed by atoms with E-state index in [9.17, 15) is 13.6 Å². The average Bonchev–Trinajstić information content (AvgIpc) is 3.02. The molecule has 0 aliphatic heterocycles. The van der Waals surface area contributed by atoms with Gasteiger partial charge in [-0.3, -0.25) is 9.89 Å². The molecular formula is C16H16F2N4O. The van der Waals surface area contributed by atoms with E-state index in [-0.39, 0.29) is 5.91 Å². The van der Waals surface area contributed by atoms with Crippen LogP contribution in [0.3, 0.4) is 0 Å². The lowest BCUT2D eigenvalue weighted by molar-refractivity contribution is -0.131. The van der Waals surface area contributed by atoms with Crippen LogP contribution < -0.4 is 5.32 Å². The summed E-state index contributed by atoms with van der Waals surface area (Å²) in [5.74, 6) is -0.853. The van der Waals surface area contributed by atoms with Gasteiger partial charge in [0.2, 0.25) is 5.91 Å². The maximum atomic E-state index is 13.5. The Kier molecular flexibility index (Phi) is 3.01. The first kappa shape index (κ1) is 14.3. The number of aromatic amines is 1. The third-order valence-electron chi connectivity index (χ3n) is 5.03. The van der Waals surface area contributed by atoms with Gasteiger partial charge in [0.15, 0.2) is 0 Å². The van der Waals surface area contributed by atoms with E-state index in [2.05, 4.69) is 20.5 Å². The molecule has 23 heavy (non-hydrogen) atoms. The standard InChI is InChI=1S/C16H16F2N4O/c17-11-6-10(7-12(18)8-11)16(4-5-16)21-14(23)15(2-1-3-15)13-19-9-20-22-13/h6-9H,1-5H2,(H,21,23)(H,19,20,22). The Labute approximate surface area is 131 Å². The van der Waals surface area contributed by atoms with Crippen molar-refractivity contribution in [2.75, 3.05) is 0 Å². The molecule has 7 heteroatoms. The van der Waals surface area contributed by atoms with Crippen LogP contribution in [-0.2, 0) is 15.7 Å². The van der Waals surface area contributed by atoms with E-state index < -0.39 is 22.6 Å². The Morgan fingerprint density at radius 1 is 1.13 bits per heavy atom. The van der Waals surface area contributed by atoms with Gasteiger partial charge in [0.25, 0.3) is 0 Å². The maximum Gasteiger partial charge on any atom is 0.234 e. The Morgan fingerprint density at radius 2 is 1.83 bits per heavy atom. The molecule has 0 spiro atoms. The van der Waals surface area contributed by atoms with Crippen LogP contribution in [0.1, 0.15) is 43.5 Å². The second-order valence-electron chi connectivity index (χ2n) is 6.46. The fourth-order valence-corrected chi connectivity index (χ4v) is 3.32. The smallest absolute Gasteiger partial charge is 0.234 e. The molecule has 2 aromatic rings. The number of nitrogens with one attached hydrogen (secondary N) is 2. The molecule has 5 nitrogen and oxygen atoms in total. The number of aromatic nitrogens is 3. The molecule has 0 unspecified atom stereocenters. The summed E-state index contributed by atoms with van der Waals surface area (Å²) >= 11 is 0. The Morgan fingerprint density at radius 3 is 2.30 bits per heavy atom. The minimum atomic E-state index is -0.696. The van der Waals surface area contributed by atoms with E-state index in [1.165, 1.54) is 18.5 Å². The second-order valence-corrected chi connectivity index (χ2v) is 6.46. The normalized spacial score (nSPS) is 20.6. The van der Waals surface area contributed by atoms with Gasteiger partial charge in [-0.1, -0.05) is 6.42 Å². The van der Waals surface area contributed by atoms with Crippen LogP contribution in [0.2, 0.25) is 0 Å². The van der Waals surface area contributed by atoms with Crippen molar-refractivity contribution in [2.45, 2.75) is 43.1 Å². The highest BCUT2D eigenvalue weighted by atomic mass is 19.1. The number of H-pyrrole nitrogens is 1. The lowest BCUT2D eigenvalue weighted by Gasteiger charge is -2.39. The fourth-order valence-electron chi connectivity index (χ4n) is 3.32. The van der Waals surface area contributed by atoms with E-state index >= 15 is 0 Å². The summed E-state index contributed by atoms with van der Waals surface area (Å²) in [4.78, 5) is 17.0. The number of carbonyl (C=O) groups is 1. The first-order valence-electron chi connectivity index (χ1n) is 7.69. The molecule has 1 aromatic carbocycles. The number of amides is 1. The molecule has 120 valence electrons. The lowest BCUT2D eigenvalue weighted by atomic mass is 9.67. The van der Waals surface area contributed by atoms with Crippen molar-refractivity contribution in [3.8, 4) is 0 Å². The van der Waals surface area contributed by atoms with Crippen molar-refractivity contribution in [2.24, 2.45) is 0 Å². The summed E-state index contributed by atoms with van der Waals surface area (Å²) in [5, 5.41) is 9.62. The molecule has 0 saturated heterocycles. The molecule has 1 heterocycles. The zero-order valence-electron chi connectivity index (χ0n) is 12.4. The maximum absolute atomic E-state index is 13.5. The summed E-state index contributed by atoms with van der Waals surface area (Å²) in [6.45, 7) is 0. The van der Waals surface area contributed by atoms with E-state index in [0.717, 1.165) is 12.5 Å². The Balaban J connectivity index is 1.61. The van der Waals surface area contributed by atoms with Gasteiger partial charge in [0.1, 0.15) is 29.2 Å². The number of hydrogen-bond donors (Lipinski definition) is 2. The number of carbonyl (C=O) groups excluding carboxylic acids is 1. The first-order valence-corrected chi connectivity index (χ1v) is 7.69. The van der Waals surface area contributed by atoms with Gasteiger partial charge in [-0.05, 0) is 43.4 Å². The van der Waals surface area contributed by atoms with Gasteiger partial charge in [0.05, 0.1) is 5.54 Å². The van der Waals surface area contributed by atoms with Crippen LogP contribution in [0.25, 0.3) is 0 Å². The molecule has 1 amide bonds. The number of rotatable bonds is 4. The molecule has 2 saturated carbocycles. The van der Waals surface area contributed by atoms with Crippen molar-refractivity contribution in [1.29, 1.82) is 0 Å². The molecular weight excluding hydrogens is 302 g/mol. The van der Waals surface area contributed by atoms with Crippen molar-refractivity contribution in [3.05, 3.63) is 47.5 Å². The summed E-state index contributed by atoms with van der Waals surface area (Å²) in [6.07, 6.45) is 5.07. The van der Waals surface area contributed by atoms with Crippen molar-refractivity contribution in [3.63, 3.8) is 0 Å². The monoisotopic (exact) mass is 318 g/mol. The number of benzene rings is 1. The molecule has 2 aliphatic rings. The average molecular weight is 318 g/mol. The molecule has 0 atom stereocenters. The SMILES string of the molecule is O=C(NC1(c2cc(F)cc(F)c2)CC1)C1(c2ncn[nH]2)CCC1. The second kappa shape index (κ2) is 4.84. The molecule has 1 aromatic heterocycles. The van der Waals surface area contributed by atoms with Gasteiger partial charge in [-0.15, -0.1) is 0 Å². The Bertz CT molecular complexity index is 731. The summed E-state index contributed by atoms with van der Waals surface area (Å²) < 4.78 is 27.0. The van der Waals surface area contributed by atoms with Crippen LogP contribution in [0.5, 0.6) is 0 Å². The van der Waals surface area contributed by atoms with Crippen molar-refractivity contribution < 1.29 is 13.6 Å². The number of nitrogens with zero attached hydrogens (tertiary/aromatic N) is 2. The molecule has 2 aliphatic carbocycles. The summed E-state index contributed by atoms with van der Waals surface area (Å²) in [7, 11) is 0. The number of hydrogen-bond acceptors (Lipinski definition) is 3. The van der Waals surface area contributed by atoms with Crippen LogP contribution >= 0.6 is 0 Å². The van der Waals surface area contributed by atoms with Crippen molar-refractivity contribution in [1.82, 2.24) is 20.5 Å². The third-order valence-corrected chi connectivity index (χ3v) is 5.03. The minimum absolute atomic E-state index is 0.150. The molecule has 4 rings (SSSR count). The molecule has 0 radical (unpaired) electrons. The Hall–Kier alpha value is -2.31. The predicted octanol–water partition coefficient (Wildman–Crippen LogP) is 2.31. The summed E-state index contributed by atoms with van der Waals surface area (Å²) in [5.41, 5.74) is -0.879. The van der Waals surface area contributed by atoms with E-state index in [1.807, 2.05) is 0 Å². The van der Waals surface area contributed by atoms with Gasteiger partial charge < -0.3 is 5.32 Å². The quantitative estimate of drug-likeness (QED) is 0.909. The van der Waals surface area contributed by atoms with Gasteiger partial charge >= 0.3 is 0 Å². The molecule has 0 bridgehead atoms. The minimum Gasteiger partial charge on any atom is -0.346 e. The first-order chi connectivity index (χ1) is 11.0. The highest BCUT2D eigenvalue weighted by Gasteiger charge is 2.53. The van der Waals surface area contributed by atoms with Crippen LogP contribution in [-0.4, -0.2) is 21.1 Å². The largest absolute Gasteiger partial charge is 0.346 e. The highest BCUT2D eigenvalue weighted by Crippen LogP contribution is 2.49. The lowest BCUT2D eigenvalue weighted by Crippen LogP contribution is -2.52. The third kappa shape index (κ3) is 2.22. The molecule has 2 N–H and O–H groups in total. The topological polar surface area (TPSA) is 70.7 Å². The van der Waals surface area contributed by atoms with E-state index in [4.69, 9.17) is 0 Å². The van der Waals surface area contributed by atoms with Crippen LogP contribution in [0.15, 0.2) is 24.5 Å². The predicted molar refractivity (Wildman–Crippen MR) is 77.3 cm³/mol. The van der Waals surface area contributed by atoms with Gasteiger partial charge in [0, 0.05) is 6.07 Å². The zero-order valence-corrected chi connectivity index (χ0v) is 12.4. The van der Waals surface area contributed by atoms with Gasteiger partial charge in [-0.25, -0.2) is 13.8 Å². The number of halogens is 2.